The van der Waals surface area contributed by atoms with Crippen molar-refractivity contribution in [3.8, 4) is 0 Å². The van der Waals surface area contributed by atoms with Gasteiger partial charge in [0.1, 0.15) is 5.60 Å². The summed E-state index contributed by atoms with van der Waals surface area (Å²) < 4.78 is 0. The van der Waals surface area contributed by atoms with Gasteiger partial charge in [-0.1, -0.05) is 19.9 Å². The Morgan fingerprint density at radius 1 is 1.09 bits per heavy atom. The van der Waals surface area contributed by atoms with E-state index in [1.165, 1.54) is 6.92 Å². The number of carbonyl (C=O) groups excluding carboxylic acids is 3. The van der Waals surface area contributed by atoms with Crippen LogP contribution in [0.1, 0.15) is 73.1 Å². The van der Waals surface area contributed by atoms with Crippen molar-refractivity contribution in [3.05, 3.63) is 34.1 Å². The first-order valence-electron chi connectivity index (χ1n) is 12.3. The number of rotatable bonds is 5. The Hall–Kier alpha value is -2.13. The Balaban J connectivity index is 1.79. The SMILES string of the molecule is CC(C)(O)CCC(=O)[C@](C)(O)[C@H]1CC(=O)C2=C3C(=O)C(O)=C4C[C@@H](O)[C@@H](O)C[C@]4(C)C3=CC[C@@]21C. The third-order valence-corrected chi connectivity index (χ3v) is 8.93. The van der Waals surface area contributed by atoms with Crippen LogP contribution in [0.3, 0.4) is 0 Å². The molecule has 0 aromatic carbocycles. The number of aliphatic hydroxyl groups excluding tert-OH is 3. The first-order valence-corrected chi connectivity index (χ1v) is 12.3. The predicted molar refractivity (Wildman–Crippen MR) is 126 cm³/mol. The highest BCUT2D eigenvalue weighted by Crippen LogP contribution is 2.62. The van der Waals surface area contributed by atoms with Gasteiger partial charge < -0.3 is 25.5 Å². The van der Waals surface area contributed by atoms with E-state index in [-0.39, 0.29) is 49.0 Å². The smallest absolute Gasteiger partial charge is 0.227 e. The average Bonchev–Trinajstić information content (AvgIpc) is 3.03. The van der Waals surface area contributed by atoms with E-state index >= 15 is 0 Å². The third-order valence-electron chi connectivity index (χ3n) is 8.93. The van der Waals surface area contributed by atoms with Gasteiger partial charge in [-0.25, -0.2) is 0 Å². The topological polar surface area (TPSA) is 152 Å². The van der Waals surface area contributed by atoms with Crippen molar-refractivity contribution in [2.24, 2.45) is 16.7 Å². The summed E-state index contributed by atoms with van der Waals surface area (Å²) in [6.07, 6.45) is -0.0131. The van der Waals surface area contributed by atoms with E-state index in [0.717, 1.165) is 0 Å². The van der Waals surface area contributed by atoms with Gasteiger partial charge in [0, 0.05) is 47.2 Å². The van der Waals surface area contributed by atoms with Gasteiger partial charge in [0.05, 0.1) is 17.8 Å². The fourth-order valence-electron chi connectivity index (χ4n) is 6.78. The number of hydrogen-bond donors (Lipinski definition) is 5. The molecule has 0 amide bonds. The summed E-state index contributed by atoms with van der Waals surface area (Å²) in [7, 11) is 0. The second-order valence-corrected chi connectivity index (χ2v) is 12.1. The maximum Gasteiger partial charge on any atom is 0.227 e. The maximum absolute atomic E-state index is 13.4. The zero-order valence-corrected chi connectivity index (χ0v) is 21.0. The number of hydrogen-bond acceptors (Lipinski definition) is 8. The summed E-state index contributed by atoms with van der Waals surface area (Å²) in [5.74, 6) is -2.82. The molecule has 35 heavy (non-hydrogen) atoms. The van der Waals surface area contributed by atoms with E-state index in [0.29, 0.717) is 17.6 Å². The predicted octanol–water partition coefficient (Wildman–Crippen LogP) is 2.00. The van der Waals surface area contributed by atoms with Crippen LogP contribution < -0.4 is 0 Å². The van der Waals surface area contributed by atoms with Gasteiger partial charge in [0.15, 0.2) is 17.3 Å². The van der Waals surface area contributed by atoms with Crippen molar-refractivity contribution < 1.29 is 39.9 Å². The Morgan fingerprint density at radius 2 is 1.71 bits per heavy atom. The highest BCUT2D eigenvalue weighted by atomic mass is 16.3. The van der Waals surface area contributed by atoms with E-state index in [4.69, 9.17) is 0 Å². The summed E-state index contributed by atoms with van der Waals surface area (Å²) in [5.41, 5.74) is -3.67. The number of carbonyl (C=O) groups is 3. The largest absolute Gasteiger partial charge is 0.504 e. The second kappa shape index (κ2) is 7.93. The van der Waals surface area contributed by atoms with Crippen LogP contribution in [0.15, 0.2) is 34.1 Å². The molecule has 6 atom stereocenters. The van der Waals surface area contributed by atoms with Gasteiger partial charge in [0.25, 0.3) is 0 Å². The molecule has 0 bridgehead atoms. The van der Waals surface area contributed by atoms with Crippen molar-refractivity contribution in [1.29, 1.82) is 0 Å². The van der Waals surface area contributed by atoms with Crippen molar-refractivity contribution in [2.75, 3.05) is 0 Å². The highest BCUT2D eigenvalue weighted by molar-refractivity contribution is 6.19. The molecule has 0 aromatic heterocycles. The zero-order chi connectivity index (χ0) is 26.3. The monoisotopic (exact) mass is 488 g/mol. The van der Waals surface area contributed by atoms with Crippen LogP contribution in [0.2, 0.25) is 0 Å². The lowest BCUT2D eigenvalue weighted by molar-refractivity contribution is -0.146. The molecule has 0 aliphatic heterocycles. The molecule has 2 fully saturated rings. The van der Waals surface area contributed by atoms with Crippen molar-refractivity contribution >= 4 is 17.3 Å². The van der Waals surface area contributed by atoms with E-state index < -0.39 is 57.5 Å². The fourth-order valence-corrected chi connectivity index (χ4v) is 6.78. The van der Waals surface area contributed by atoms with Crippen molar-refractivity contribution in [2.45, 2.75) is 96.6 Å². The van der Waals surface area contributed by atoms with E-state index in [1.807, 2.05) is 6.08 Å². The van der Waals surface area contributed by atoms with Gasteiger partial charge in [-0.15, -0.1) is 0 Å². The quantitative estimate of drug-likeness (QED) is 0.394. The third kappa shape index (κ3) is 3.77. The number of fused-ring (bicyclic) bond motifs is 4. The summed E-state index contributed by atoms with van der Waals surface area (Å²) in [6.45, 7) is 8.12. The zero-order valence-electron chi connectivity index (χ0n) is 21.0. The summed E-state index contributed by atoms with van der Waals surface area (Å²) in [4.78, 5) is 39.9. The molecule has 0 spiro atoms. The van der Waals surface area contributed by atoms with Crippen molar-refractivity contribution in [3.63, 3.8) is 0 Å². The van der Waals surface area contributed by atoms with E-state index in [2.05, 4.69) is 0 Å². The Morgan fingerprint density at radius 3 is 2.31 bits per heavy atom. The van der Waals surface area contributed by atoms with E-state index in [1.54, 1.807) is 27.7 Å². The number of aliphatic hydroxyl groups is 5. The molecule has 4 aliphatic carbocycles. The lowest BCUT2D eigenvalue weighted by Gasteiger charge is -2.49. The fraction of sp³-hybridized carbons (Fsp3) is 0.667. The normalized spacial score (nSPS) is 36.9. The van der Waals surface area contributed by atoms with Crippen LogP contribution in [0.25, 0.3) is 0 Å². The standard InChI is InChI=1S/C27H36O8/c1-24(2,34)8-7-19(31)27(5,35)18-11-16(29)21-20-13(6-9-25(18,21)3)26(4)12-17(30)15(28)10-14(26)22(32)23(20)33/h6,15,17-18,28,30,32,34-35H,7-12H2,1-5H3/t15-,17+,18+,25-,26-,27-/m1/s1. The van der Waals surface area contributed by atoms with Crippen molar-refractivity contribution in [1.82, 2.24) is 0 Å². The highest BCUT2D eigenvalue weighted by Gasteiger charge is 2.61. The molecule has 0 aromatic rings. The Labute approximate surface area is 205 Å². The minimum Gasteiger partial charge on any atom is -0.504 e. The number of allylic oxidation sites excluding steroid dienone is 4. The summed E-state index contributed by atoms with van der Waals surface area (Å²) >= 11 is 0. The van der Waals surface area contributed by atoms with Crippen LogP contribution in [-0.2, 0) is 14.4 Å². The average molecular weight is 489 g/mol. The molecule has 4 aliphatic rings. The molecule has 0 saturated heterocycles. The molecule has 0 unspecified atom stereocenters. The minimum absolute atomic E-state index is 0.0482. The molecule has 4 rings (SSSR count). The Kier molecular flexibility index (Phi) is 5.88. The summed E-state index contributed by atoms with van der Waals surface area (Å²) in [6, 6.07) is 0. The molecular weight excluding hydrogens is 452 g/mol. The van der Waals surface area contributed by atoms with Gasteiger partial charge in [-0.2, -0.15) is 0 Å². The molecule has 5 N–H and O–H groups in total. The number of Topliss-reactive ketones (excluding diaryl/α,β-unsaturated/α-hetero) is 3. The van der Waals surface area contributed by atoms with E-state index in [9.17, 15) is 39.9 Å². The summed E-state index contributed by atoms with van der Waals surface area (Å²) in [5, 5.41) is 52.8. The molecule has 2 saturated carbocycles. The first-order chi connectivity index (χ1) is 15.9. The maximum atomic E-state index is 13.4. The van der Waals surface area contributed by atoms with Crippen LogP contribution in [0.4, 0.5) is 0 Å². The Bertz CT molecular complexity index is 1100. The van der Waals surface area contributed by atoms with Crippen LogP contribution in [-0.4, -0.2) is 66.3 Å². The lowest BCUT2D eigenvalue weighted by Crippen LogP contribution is -2.50. The van der Waals surface area contributed by atoms with Gasteiger partial charge in [0.2, 0.25) is 5.78 Å². The second-order valence-electron chi connectivity index (χ2n) is 12.1. The molecular formula is C27H36O8. The minimum atomic E-state index is -1.86. The molecule has 192 valence electrons. The molecule has 0 radical (unpaired) electrons. The first kappa shape index (κ1) is 25.9. The van der Waals surface area contributed by atoms with Gasteiger partial charge >= 0.3 is 0 Å². The molecule has 8 nitrogen and oxygen atoms in total. The van der Waals surface area contributed by atoms with Gasteiger partial charge in [-0.05, 0) is 51.2 Å². The van der Waals surface area contributed by atoms with Crippen LogP contribution in [0.5, 0.6) is 0 Å². The van der Waals surface area contributed by atoms with Crippen LogP contribution >= 0.6 is 0 Å². The molecule has 0 heterocycles. The number of ketones is 3. The molecule has 8 heteroatoms. The van der Waals surface area contributed by atoms with Crippen LogP contribution in [0, 0.1) is 16.7 Å². The van der Waals surface area contributed by atoms with Gasteiger partial charge in [-0.3, -0.25) is 14.4 Å². The lowest BCUT2D eigenvalue weighted by atomic mass is 9.55.